The second-order valence-electron chi connectivity index (χ2n) is 4.20. The summed E-state index contributed by atoms with van der Waals surface area (Å²) in [5.74, 6) is 0. The van der Waals surface area contributed by atoms with E-state index in [9.17, 15) is 4.79 Å². The minimum atomic E-state index is -0.344. The van der Waals surface area contributed by atoms with Crippen LogP contribution in [0.3, 0.4) is 0 Å². The molecule has 0 saturated carbocycles. The first kappa shape index (κ1) is 11.9. The van der Waals surface area contributed by atoms with Gasteiger partial charge in [-0.25, -0.2) is 4.79 Å². The number of hydrogen-bond acceptors (Lipinski definition) is 3. The summed E-state index contributed by atoms with van der Waals surface area (Å²) >= 11 is 0. The molecule has 0 aromatic heterocycles. The summed E-state index contributed by atoms with van der Waals surface area (Å²) in [6.45, 7) is 2.69. The van der Waals surface area contributed by atoms with E-state index in [2.05, 4.69) is 13.0 Å². The van der Waals surface area contributed by atoms with Crippen molar-refractivity contribution in [1.29, 1.82) is 0 Å². The quantitative estimate of drug-likeness (QED) is 0.749. The van der Waals surface area contributed by atoms with Gasteiger partial charge in [-0.05, 0) is 18.9 Å². The first-order chi connectivity index (χ1) is 8.17. The normalized spacial score (nSPS) is 18.8. The highest BCUT2D eigenvalue weighted by Gasteiger charge is 2.31. The Morgan fingerprint density at radius 2 is 2.18 bits per heavy atom. The zero-order valence-corrected chi connectivity index (χ0v) is 10.4. The Morgan fingerprint density at radius 1 is 1.41 bits per heavy atom. The number of amides is 1. The van der Waals surface area contributed by atoms with Crippen LogP contribution in [-0.2, 0) is 15.9 Å². The summed E-state index contributed by atoms with van der Waals surface area (Å²) in [6, 6.07) is 6.20. The summed E-state index contributed by atoms with van der Waals surface area (Å²) in [5.41, 5.74) is 3.52. The summed E-state index contributed by atoms with van der Waals surface area (Å²) in [4.78, 5) is 13.2. The number of fused-ring (bicyclic) bond motifs is 1. The monoisotopic (exact) mass is 235 g/mol. The molecular formula is C13H17NO3. The Bertz CT molecular complexity index is 431. The molecule has 1 aliphatic rings. The van der Waals surface area contributed by atoms with E-state index in [1.54, 1.807) is 12.0 Å². The fraction of sp³-hybridized carbons (Fsp3) is 0.462. The van der Waals surface area contributed by atoms with Gasteiger partial charge in [0.25, 0.3) is 0 Å². The molecule has 0 spiro atoms. The van der Waals surface area contributed by atoms with Crippen LogP contribution < -0.4 is 0 Å². The van der Waals surface area contributed by atoms with E-state index in [1.807, 2.05) is 12.1 Å². The van der Waals surface area contributed by atoms with Crippen LogP contribution >= 0.6 is 0 Å². The Labute approximate surface area is 101 Å². The third-order valence-electron chi connectivity index (χ3n) is 3.10. The molecule has 2 rings (SSSR count). The van der Waals surface area contributed by atoms with Crippen molar-refractivity contribution < 1.29 is 14.3 Å². The van der Waals surface area contributed by atoms with E-state index in [4.69, 9.17) is 9.47 Å². The first-order valence-electron chi connectivity index (χ1n) is 5.64. The molecule has 92 valence electrons. The van der Waals surface area contributed by atoms with Crippen LogP contribution in [0.1, 0.15) is 22.9 Å². The van der Waals surface area contributed by atoms with Gasteiger partial charge >= 0.3 is 6.09 Å². The van der Waals surface area contributed by atoms with Gasteiger partial charge in [-0.3, -0.25) is 4.90 Å². The summed E-state index contributed by atoms with van der Waals surface area (Å²) in [5, 5.41) is 0. The van der Waals surface area contributed by atoms with Gasteiger partial charge < -0.3 is 9.47 Å². The number of benzene rings is 1. The predicted octanol–water partition coefficient (Wildman–Crippen LogP) is 2.26. The van der Waals surface area contributed by atoms with Crippen molar-refractivity contribution in [2.75, 3.05) is 20.8 Å². The average molecular weight is 235 g/mol. The lowest BCUT2D eigenvalue weighted by atomic mass is 9.96. The summed E-state index contributed by atoms with van der Waals surface area (Å²) < 4.78 is 10.2. The van der Waals surface area contributed by atoms with Crippen molar-refractivity contribution in [2.45, 2.75) is 19.6 Å². The lowest BCUT2D eigenvalue weighted by Crippen LogP contribution is -2.40. The number of rotatable bonds is 1. The van der Waals surface area contributed by atoms with E-state index in [0.717, 1.165) is 12.0 Å². The van der Waals surface area contributed by atoms with Gasteiger partial charge in [-0.1, -0.05) is 23.8 Å². The predicted molar refractivity (Wildman–Crippen MR) is 63.7 cm³/mol. The maximum Gasteiger partial charge on any atom is 0.411 e. The van der Waals surface area contributed by atoms with Gasteiger partial charge in [-0.15, -0.1) is 0 Å². The Kier molecular flexibility index (Phi) is 3.33. The van der Waals surface area contributed by atoms with E-state index >= 15 is 0 Å². The molecule has 4 nitrogen and oxygen atoms in total. The second-order valence-corrected chi connectivity index (χ2v) is 4.20. The number of hydrogen-bond donors (Lipinski definition) is 0. The molecule has 0 N–H and O–H groups in total. The van der Waals surface area contributed by atoms with Crippen LogP contribution in [0.15, 0.2) is 18.2 Å². The second kappa shape index (κ2) is 4.75. The molecule has 1 aliphatic heterocycles. The molecule has 1 atom stereocenters. The zero-order chi connectivity index (χ0) is 12.4. The summed E-state index contributed by atoms with van der Waals surface area (Å²) in [6.07, 6.45) is 0.154. The maximum atomic E-state index is 11.6. The SMILES string of the molecule is COC(=O)N1CCc2cc(C)ccc2C1OC. The minimum Gasteiger partial charge on any atom is -0.453 e. The minimum absolute atomic E-state index is 0.341. The highest BCUT2D eigenvalue weighted by Crippen LogP contribution is 2.31. The van der Waals surface area contributed by atoms with Crippen LogP contribution in [-0.4, -0.2) is 31.8 Å². The molecule has 0 radical (unpaired) electrons. The van der Waals surface area contributed by atoms with Crippen molar-refractivity contribution in [3.8, 4) is 0 Å². The molecule has 1 aromatic carbocycles. The molecule has 0 aliphatic carbocycles. The topological polar surface area (TPSA) is 38.8 Å². The van der Waals surface area contributed by atoms with Crippen LogP contribution in [0.2, 0.25) is 0 Å². The Hall–Kier alpha value is -1.55. The van der Waals surface area contributed by atoms with Gasteiger partial charge in [0, 0.05) is 19.2 Å². The van der Waals surface area contributed by atoms with Crippen molar-refractivity contribution in [1.82, 2.24) is 4.90 Å². The third-order valence-corrected chi connectivity index (χ3v) is 3.10. The molecule has 1 unspecified atom stereocenters. The smallest absolute Gasteiger partial charge is 0.411 e. The van der Waals surface area contributed by atoms with Crippen molar-refractivity contribution in [3.05, 3.63) is 34.9 Å². The van der Waals surface area contributed by atoms with Gasteiger partial charge in [0.15, 0.2) is 6.23 Å². The Balaban J connectivity index is 2.36. The van der Waals surface area contributed by atoms with Crippen molar-refractivity contribution >= 4 is 6.09 Å². The maximum absolute atomic E-state index is 11.6. The molecule has 0 saturated heterocycles. The van der Waals surface area contributed by atoms with Gasteiger partial charge in [0.05, 0.1) is 7.11 Å². The van der Waals surface area contributed by atoms with Crippen LogP contribution in [0.25, 0.3) is 0 Å². The summed E-state index contributed by atoms with van der Waals surface area (Å²) in [7, 11) is 3.00. The number of methoxy groups -OCH3 is 2. The number of carbonyl (C=O) groups is 1. The third kappa shape index (κ3) is 2.13. The van der Waals surface area contributed by atoms with E-state index in [1.165, 1.54) is 18.2 Å². The largest absolute Gasteiger partial charge is 0.453 e. The molecule has 1 amide bonds. The average Bonchev–Trinajstić information content (AvgIpc) is 2.36. The van der Waals surface area contributed by atoms with Crippen LogP contribution in [0.4, 0.5) is 4.79 Å². The molecule has 1 aromatic rings. The van der Waals surface area contributed by atoms with Gasteiger partial charge in [0.1, 0.15) is 0 Å². The fourth-order valence-corrected chi connectivity index (χ4v) is 2.28. The van der Waals surface area contributed by atoms with E-state index in [0.29, 0.717) is 6.54 Å². The Morgan fingerprint density at radius 3 is 2.82 bits per heavy atom. The molecule has 4 heteroatoms. The highest BCUT2D eigenvalue weighted by atomic mass is 16.6. The first-order valence-corrected chi connectivity index (χ1v) is 5.64. The van der Waals surface area contributed by atoms with Crippen molar-refractivity contribution in [3.63, 3.8) is 0 Å². The van der Waals surface area contributed by atoms with Crippen molar-refractivity contribution in [2.24, 2.45) is 0 Å². The number of aryl methyl sites for hydroxylation is 1. The van der Waals surface area contributed by atoms with E-state index < -0.39 is 0 Å². The lowest BCUT2D eigenvalue weighted by molar-refractivity contribution is -0.0333. The lowest BCUT2D eigenvalue weighted by Gasteiger charge is -2.35. The van der Waals surface area contributed by atoms with E-state index in [-0.39, 0.29) is 12.3 Å². The van der Waals surface area contributed by atoms with Gasteiger partial charge in [-0.2, -0.15) is 0 Å². The highest BCUT2D eigenvalue weighted by molar-refractivity contribution is 5.68. The van der Waals surface area contributed by atoms with Crippen LogP contribution in [0.5, 0.6) is 0 Å². The molecule has 0 fully saturated rings. The molecule has 0 bridgehead atoms. The molecule has 1 heterocycles. The molecule has 17 heavy (non-hydrogen) atoms. The molecular weight excluding hydrogens is 218 g/mol. The fourth-order valence-electron chi connectivity index (χ4n) is 2.28. The zero-order valence-electron chi connectivity index (χ0n) is 10.4. The number of ether oxygens (including phenoxy) is 2. The van der Waals surface area contributed by atoms with Gasteiger partial charge in [0.2, 0.25) is 0 Å². The van der Waals surface area contributed by atoms with Crippen LogP contribution in [0, 0.1) is 6.92 Å². The number of nitrogens with zero attached hydrogens (tertiary/aromatic N) is 1. The standard InChI is InChI=1S/C13H17NO3/c1-9-4-5-11-10(8-9)6-7-14(12(11)16-2)13(15)17-3/h4-5,8,12H,6-7H2,1-3H3. The number of carbonyl (C=O) groups excluding carboxylic acids is 1.